The second kappa shape index (κ2) is 6.18. The van der Waals surface area contributed by atoms with Crippen LogP contribution in [-0.2, 0) is 6.42 Å². The number of nitrogens with two attached hydrogens (primary N) is 1. The third-order valence-electron chi connectivity index (χ3n) is 4.00. The van der Waals surface area contributed by atoms with Gasteiger partial charge in [0.2, 0.25) is 0 Å². The monoisotopic (exact) mass is 232 g/mol. The van der Waals surface area contributed by atoms with Crippen LogP contribution < -0.4 is 5.73 Å². The van der Waals surface area contributed by atoms with Crippen molar-refractivity contribution in [3.63, 3.8) is 0 Å². The van der Waals surface area contributed by atoms with E-state index in [4.69, 9.17) is 5.73 Å². The Kier molecular flexibility index (Phi) is 4.57. The van der Waals surface area contributed by atoms with Gasteiger partial charge in [-0.15, -0.1) is 0 Å². The Morgan fingerprint density at radius 3 is 2.71 bits per heavy atom. The average molecular weight is 232 g/mol. The summed E-state index contributed by atoms with van der Waals surface area (Å²) in [6, 6.07) is 11.5. The van der Waals surface area contributed by atoms with Crippen molar-refractivity contribution >= 4 is 0 Å². The van der Waals surface area contributed by atoms with Crippen molar-refractivity contribution in [3.05, 3.63) is 35.9 Å². The maximum absolute atomic E-state index is 5.83. The van der Waals surface area contributed by atoms with E-state index in [0.29, 0.717) is 6.04 Å². The Labute approximate surface area is 105 Å². The van der Waals surface area contributed by atoms with Crippen LogP contribution in [0.25, 0.3) is 0 Å². The summed E-state index contributed by atoms with van der Waals surface area (Å²) in [6.07, 6.45) is 3.71. The minimum Gasteiger partial charge on any atom is -0.330 e. The standard InChI is InChI=1S/C15H24N2/c1-2-17-9-8-14(12-16)11-15(17)10-13-6-4-3-5-7-13/h3-7,14-15H,2,8-12,16H2,1H3/t14-,15-/m0/s1. The van der Waals surface area contributed by atoms with Crippen LogP contribution >= 0.6 is 0 Å². The molecule has 1 heterocycles. The van der Waals surface area contributed by atoms with E-state index in [1.54, 1.807) is 0 Å². The summed E-state index contributed by atoms with van der Waals surface area (Å²) < 4.78 is 0. The van der Waals surface area contributed by atoms with Gasteiger partial charge in [-0.25, -0.2) is 0 Å². The number of hydrogen-bond acceptors (Lipinski definition) is 2. The third kappa shape index (κ3) is 3.30. The molecular formula is C15H24N2. The first-order valence-corrected chi connectivity index (χ1v) is 6.81. The van der Waals surface area contributed by atoms with E-state index in [9.17, 15) is 0 Å². The summed E-state index contributed by atoms with van der Waals surface area (Å²) in [5, 5.41) is 0. The lowest BCUT2D eigenvalue weighted by atomic mass is 9.87. The predicted molar refractivity (Wildman–Crippen MR) is 73.0 cm³/mol. The van der Waals surface area contributed by atoms with Gasteiger partial charge in [-0.1, -0.05) is 37.3 Å². The van der Waals surface area contributed by atoms with Crippen molar-refractivity contribution in [3.8, 4) is 0 Å². The molecule has 2 nitrogen and oxygen atoms in total. The van der Waals surface area contributed by atoms with E-state index in [2.05, 4.69) is 42.2 Å². The van der Waals surface area contributed by atoms with Crippen LogP contribution in [0.2, 0.25) is 0 Å². The highest BCUT2D eigenvalue weighted by molar-refractivity contribution is 5.16. The zero-order valence-electron chi connectivity index (χ0n) is 10.8. The second-order valence-electron chi connectivity index (χ2n) is 5.10. The number of hydrogen-bond donors (Lipinski definition) is 1. The number of benzene rings is 1. The Balaban J connectivity index is 2.00. The van der Waals surface area contributed by atoms with Crippen LogP contribution in [0.3, 0.4) is 0 Å². The molecule has 17 heavy (non-hydrogen) atoms. The van der Waals surface area contributed by atoms with E-state index in [-0.39, 0.29) is 0 Å². The zero-order valence-corrected chi connectivity index (χ0v) is 10.8. The summed E-state index contributed by atoms with van der Waals surface area (Å²) in [6.45, 7) is 5.49. The minimum absolute atomic E-state index is 0.685. The van der Waals surface area contributed by atoms with E-state index in [1.807, 2.05) is 0 Å². The normalized spacial score (nSPS) is 26.0. The Hall–Kier alpha value is -0.860. The maximum atomic E-state index is 5.83. The van der Waals surface area contributed by atoms with E-state index in [0.717, 1.165) is 19.0 Å². The number of nitrogens with zero attached hydrogens (tertiary/aromatic N) is 1. The molecule has 0 aliphatic carbocycles. The van der Waals surface area contributed by atoms with Gasteiger partial charge in [0.1, 0.15) is 0 Å². The fourth-order valence-electron chi connectivity index (χ4n) is 2.91. The summed E-state index contributed by atoms with van der Waals surface area (Å²) in [5.41, 5.74) is 7.28. The third-order valence-corrected chi connectivity index (χ3v) is 4.00. The molecule has 0 radical (unpaired) electrons. The number of rotatable bonds is 4. The number of likely N-dealkylation sites (N-methyl/N-ethyl adjacent to an activating group) is 1. The summed E-state index contributed by atoms with van der Waals surface area (Å²) >= 11 is 0. The highest BCUT2D eigenvalue weighted by Crippen LogP contribution is 2.24. The van der Waals surface area contributed by atoms with Crippen molar-refractivity contribution in [1.29, 1.82) is 0 Å². The fourth-order valence-corrected chi connectivity index (χ4v) is 2.91. The lowest BCUT2D eigenvalue weighted by Gasteiger charge is -2.38. The molecule has 1 fully saturated rings. The molecular weight excluding hydrogens is 208 g/mol. The minimum atomic E-state index is 0.685. The molecule has 2 atom stereocenters. The molecule has 1 aromatic carbocycles. The van der Waals surface area contributed by atoms with Crippen LogP contribution in [0.5, 0.6) is 0 Å². The van der Waals surface area contributed by atoms with E-state index in [1.165, 1.54) is 31.4 Å². The van der Waals surface area contributed by atoms with Gasteiger partial charge in [-0.05, 0) is 50.4 Å². The highest BCUT2D eigenvalue weighted by Gasteiger charge is 2.26. The summed E-state index contributed by atoms with van der Waals surface area (Å²) in [4.78, 5) is 2.61. The van der Waals surface area contributed by atoms with Crippen molar-refractivity contribution < 1.29 is 0 Å². The number of likely N-dealkylation sites (tertiary alicyclic amines) is 1. The summed E-state index contributed by atoms with van der Waals surface area (Å²) in [7, 11) is 0. The SMILES string of the molecule is CCN1CC[C@H](CN)C[C@@H]1Cc1ccccc1. The van der Waals surface area contributed by atoms with Crippen LogP contribution in [0.4, 0.5) is 0 Å². The molecule has 2 rings (SSSR count). The van der Waals surface area contributed by atoms with Crippen molar-refractivity contribution in [1.82, 2.24) is 4.90 Å². The smallest absolute Gasteiger partial charge is 0.0139 e. The quantitative estimate of drug-likeness (QED) is 0.863. The highest BCUT2D eigenvalue weighted by atomic mass is 15.2. The van der Waals surface area contributed by atoms with Crippen LogP contribution in [0.15, 0.2) is 30.3 Å². The first-order valence-electron chi connectivity index (χ1n) is 6.81. The van der Waals surface area contributed by atoms with Gasteiger partial charge in [0.15, 0.2) is 0 Å². The Morgan fingerprint density at radius 1 is 1.29 bits per heavy atom. The van der Waals surface area contributed by atoms with Gasteiger partial charge >= 0.3 is 0 Å². The second-order valence-corrected chi connectivity index (χ2v) is 5.10. The van der Waals surface area contributed by atoms with Crippen LogP contribution in [0.1, 0.15) is 25.3 Å². The van der Waals surface area contributed by atoms with Crippen molar-refractivity contribution in [2.45, 2.75) is 32.2 Å². The maximum Gasteiger partial charge on any atom is 0.0139 e. The first-order chi connectivity index (χ1) is 8.33. The molecule has 1 aromatic rings. The van der Waals surface area contributed by atoms with E-state index >= 15 is 0 Å². The van der Waals surface area contributed by atoms with E-state index < -0.39 is 0 Å². The first kappa shape index (κ1) is 12.6. The molecule has 0 unspecified atom stereocenters. The predicted octanol–water partition coefficient (Wildman–Crippen LogP) is 2.29. The molecule has 2 N–H and O–H groups in total. The molecule has 94 valence electrons. The zero-order chi connectivity index (χ0) is 12.1. The van der Waals surface area contributed by atoms with Crippen molar-refractivity contribution in [2.75, 3.05) is 19.6 Å². The van der Waals surface area contributed by atoms with Crippen molar-refractivity contribution in [2.24, 2.45) is 11.7 Å². The molecule has 0 saturated carbocycles. The molecule has 1 saturated heterocycles. The van der Waals surface area contributed by atoms with Gasteiger partial charge in [0.05, 0.1) is 0 Å². The molecule has 0 spiro atoms. The van der Waals surface area contributed by atoms with Gasteiger partial charge < -0.3 is 10.6 Å². The van der Waals surface area contributed by atoms with Gasteiger partial charge in [-0.3, -0.25) is 0 Å². The lowest BCUT2D eigenvalue weighted by Crippen LogP contribution is -2.45. The van der Waals surface area contributed by atoms with Crippen LogP contribution in [-0.4, -0.2) is 30.6 Å². The largest absolute Gasteiger partial charge is 0.330 e. The molecule has 0 aromatic heterocycles. The molecule has 0 amide bonds. The molecule has 1 aliphatic rings. The topological polar surface area (TPSA) is 29.3 Å². The molecule has 0 bridgehead atoms. The molecule has 1 aliphatic heterocycles. The Morgan fingerprint density at radius 2 is 2.06 bits per heavy atom. The number of piperidine rings is 1. The Bertz CT molecular complexity index is 323. The summed E-state index contributed by atoms with van der Waals surface area (Å²) in [5.74, 6) is 0.728. The van der Waals surface area contributed by atoms with Gasteiger partial charge in [0.25, 0.3) is 0 Å². The lowest BCUT2D eigenvalue weighted by molar-refractivity contribution is 0.120. The molecule has 2 heteroatoms. The van der Waals surface area contributed by atoms with Crippen LogP contribution in [0, 0.1) is 5.92 Å². The average Bonchev–Trinajstić information content (AvgIpc) is 2.40. The van der Waals surface area contributed by atoms with Gasteiger partial charge in [-0.2, -0.15) is 0 Å². The fraction of sp³-hybridized carbons (Fsp3) is 0.600. The van der Waals surface area contributed by atoms with Gasteiger partial charge in [0, 0.05) is 6.04 Å².